The third-order valence-electron chi connectivity index (χ3n) is 1.99. The molecule has 1 rings (SSSR count). The molecule has 0 amide bonds. The molecule has 4 nitrogen and oxygen atoms in total. The zero-order valence-electron chi connectivity index (χ0n) is 9.10. The summed E-state index contributed by atoms with van der Waals surface area (Å²) >= 11 is 0. The Bertz CT molecular complexity index is 408. The summed E-state index contributed by atoms with van der Waals surface area (Å²) in [7, 11) is 0. The topological polar surface area (TPSA) is 55.7 Å². The molecule has 0 unspecified atom stereocenters. The highest BCUT2D eigenvalue weighted by atomic mass is 16.5. The molecule has 1 aromatic carbocycles. The van der Waals surface area contributed by atoms with E-state index in [4.69, 9.17) is 4.74 Å². The maximum atomic E-state index is 11.4. The fourth-order valence-corrected chi connectivity index (χ4v) is 1.18. The number of carbonyl (C=O) groups is 1. The van der Waals surface area contributed by atoms with Gasteiger partial charge in [0.1, 0.15) is 5.69 Å². The number of hydrogen-bond donors (Lipinski definition) is 0. The van der Waals surface area contributed by atoms with Crippen LogP contribution in [0.1, 0.15) is 26.2 Å². The van der Waals surface area contributed by atoms with E-state index in [1.165, 1.54) is 6.08 Å². The number of hydrogen-bond acceptors (Lipinski definition) is 4. The van der Waals surface area contributed by atoms with Gasteiger partial charge >= 0.3 is 5.97 Å². The lowest BCUT2D eigenvalue weighted by Crippen LogP contribution is -2.07. The summed E-state index contributed by atoms with van der Waals surface area (Å²) in [6, 6.07) is 6.61. The number of rotatable bonds is 5. The molecule has 0 aliphatic carbocycles. The van der Waals surface area contributed by atoms with Crippen LogP contribution >= 0.6 is 0 Å². The van der Waals surface area contributed by atoms with E-state index < -0.39 is 0 Å². The van der Waals surface area contributed by atoms with E-state index in [0.29, 0.717) is 17.9 Å². The van der Waals surface area contributed by atoms with Gasteiger partial charge in [0, 0.05) is 6.42 Å². The van der Waals surface area contributed by atoms with Gasteiger partial charge in [-0.2, -0.15) is 4.99 Å². The zero-order chi connectivity index (χ0) is 11.8. The molecule has 0 bridgehead atoms. The van der Waals surface area contributed by atoms with Gasteiger partial charge in [0.2, 0.25) is 6.08 Å². The summed E-state index contributed by atoms with van der Waals surface area (Å²) in [6.07, 6.45) is 3.52. The lowest BCUT2D eigenvalue weighted by molar-refractivity contribution is -0.134. The first-order chi connectivity index (χ1) is 7.77. The quantitative estimate of drug-likeness (QED) is 0.331. The lowest BCUT2D eigenvalue weighted by atomic mass is 10.2. The number of carbonyl (C=O) groups excluding carboxylic acids is 2. The highest BCUT2D eigenvalue weighted by Crippen LogP contribution is 2.26. The molecule has 0 heterocycles. The van der Waals surface area contributed by atoms with Crippen LogP contribution in [0.25, 0.3) is 0 Å². The molecule has 0 atom stereocenters. The molecule has 4 heteroatoms. The molecular formula is C12H13NO3. The van der Waals surface area contributed by atoms with Crippen LogP contribution in [0.15, 0.2) is 29.3 Å². The van der Waals surface area contributed by atoms with E-state index in [2.05, 4.69) is 4.99 Å². The molecule has 1 aromatic rings. The Balaban J connectivity index is 2.72. The monoisotopic (exact) mass is 219 g/mol. The summed E-state index contributed by atoms with van der Waals surface area (Å²) in [5, 5.41) is 0. The molecule has 0 aliphatic heterocycles. The van der Waals surface area contributed by atoms with E-state index in [1.807, 2.05) is 6.92 Å². The zero-order valence-corrected chi connectivity index (χ0v) is 9.10. The summed E-state index contributed by atoms with van der Waals surface area (Å²) in [6.45, 7) is 2.00. The Labute approximate surface area is 94.0 Å². The van der Waals surface area contributed by atoms with Gasteiger partial charge in [-0.1, -0.05) is 25.5 Å². The first-order valence-corrected chi connectivity index (χ1v) is 5.15. The summed E-state index contributed by atoms with van der Waals surface area (Å²) in [5.74, 6) is -0.0117. The third-order valence-corrected chi connectivity index (χ3v) is 1.99. The Morgan fingerprint density at radius 2 is 2.19 bits per heavy atom. The number of ether oxygens (including phenoxy) is 1. The molecular weight excluding hydrogens is 206 g/mol. The van der Waals surface area contributed by atoms with E-state index in [1.54, 1.807) is 24.3 Å². The Morgan fingerprint density at radius 3 is 2.88 bits per heavy atom. The Morgan fingerprint density at radius 1 is 1.44 bits per heavy atom. The number of isocyanates is 1. The van der Waals surface area contributed by atoms with Crippen LogP contribution in [-0.2, 0) is 9.59 Å². The van der Waals surface area contributed by atoms with E-state index >= 15 is 0 Å². The van der Waals surface area contributed by atoms with Crippen LogP contribution in [0.3, 0.4) is 0 Å². The van der Waals surface area contributed by atoms with Crippen molar-refractivity contribution in [3.63, 3.8) is 0 Å². The normalized spacial score (nSPS) is 9.31. The van der Waals surface area contributed by atoms with E-state index in [9.17, 15) is 9.59 Å². The number of aliphatic imine (C=N–C) groups is 1. The van der Waals surface area contributed by atoms with Crippen LogP contribution in [0, 0.1) is 0 Å². The fourth-order valence-electron chi connectivity index (χ4n) is 1.18. The molecule has 0 spiro atoms. The highest BCUT2D eigenvalue weighted by molar-refractivity contribution is 5.74. The lowest BCUT2D eigenvalue weighted by Gasteiger charge is -2.05. The molecule has 0 N–H and O–H groups in total. The number of unbranched alkanes of at least 4 members (excludes halogenated alkanes) is 1. The van der Waals surface area contributed by atoms with Crippen LogP contribution in [0.2, 0.25) is 0 Å². The van der Waals surface area contributed by atoms with Crippen molar-refractivity contribution in [1.29, 1.82) is 0 Å². The minimum absolute atomic E-state index is 0.298. The predicted octanol–water partition coefficient (Wildman–Crippen LogP) is 2.75. The largest absolute Gasteiger partial charge is 0.424 e. The van der Waals surface area contributed by atoms with Crippen molar-refractivity contribution in [2.45, 2.75) is 26.2 Å². The van der Waals surface area contributed by atoms with Crippen molar-refractivity contribution < 1.29 is 14.3 Å². The van der Waals surface area contributed by atoms with Crippen molar-refractivity contribution in [3.8, 4) is 5.75 Å². The minimum atomic E-state index is -0.310. The average molecular weight is 219 g/mol. The SMILES string of the molecule is CCCCC(=O)Oc1ccccc1N=C=O. The van der Waals surface area contributed by atoms with Gasteiger partial charge in [-0.05, 0) is 18.6 Å². The van der Waals surface area contributed by atoms with Crippen molar-refractivity contribution in [1.82, 2.24) is 0 Å². The third kappa shape index (κ3) is 3.67. The van der Waals surface area contributed by atoms with Gasteiger partial charge < -0.3 is 4.74 Å². The minimum Gasteiger partial charge on any atom is -0.424 e. The summed E-state index contributed by atoms with van der Waals surface area (Å²) in [4.78, 5) is 25.0. The van der Waals surface area contributed by atoms with Gasteiger partial charge in [0.15, 0.2) is 5.75 Å². The first kappa shape index (κ1) is 12.1. The second-order valence-corrected chi connectivity index (χ2v) is 3.25. The first-order valence-electron chi connectivity index (χ1n) is 5.15. The van der Waals surface area contributed by atoms with Gasteiger partial charge in [-0.3, -0.25) is 4.79 Å². The van der Waals surface area contributed by atoms with Crippen LogP contribution in [0.5, 0.6) is 5.75 Å². The van der Waals surface area contributed by atoms with Crippen molar-refractivity contribution in [3.05, 3.63) is 24.3 Å². The van der Waals surface area contributed by atoms with Crippen LogP contribution in [-0.4, -0.2) is 12.0 Å². The van der Waals surface area contributed by atoms with Crippen LogP contribution in [0.4, 0.5) is 5.69 Å². The molecule has 0 saturated carbocycles. The van der Waals surface area contributed by atoms with Crippen molar-refractivity contribution >= 4 is 17.7 Å². The number of esters is 1. The highest BCUT2D eigenvalue weighted by Gasteiger charge is 2.07. The van der Waals surface area contributed by atoms with E-state index in [-0.39, 0.29) is 5.97 Å². The van der Waals surface area contributed by atoms with E-state index in [0.717, 1.165) is 12.8 Å². The number of benzene rings is 1. The molecule has 0 aliphatic rings. The molecule has 0 fully saturated rings. The van der Waals surface area contributed by atoms with Crippen molar-refractivity contribution in [2.24, 2.45) is 4.99 Å². The van der Waals surface area contributed by atoms with Crippen molar-refractivity contribution in [2.75, 3.05) is 0 Å². The molecule has 0 aromatic heterocycles. The predicted molar refractivity (Wildman–Crippen MR) is 59.4 cm³/mol. The van der Waals surface area contributed by atoms with Crippen LogP contribution < -0.4 is 4.74 Å². The van der Waals surface area contributed by atoms with Gasteiger partial charge in [-0.25, -0.2) is 4.79 Å². The maximum absolute atomic E-state index is 11.4. The number of nitrogens with zero attached hydrogens (tertiary/aromatic N) is 1. The van der Waals surface area contributed by atoms with Gasteiger partial charge in [0.05, 0.1) is 0 Å². The number of para-hydroxylation sites is 2. The second kappa shape index (κ2) is 6.53. The molecule has 0 radical (unpaired) electrons. The Kier molecular flexibility index (Phi) is 4.96. The maximum Gasteiger partial charge on any atom is 0.311 e. The summed E-state index contributed by atoms with van der Waals surface area (Å²) in [5.41, 5.74) is 0.322. The standard InChI is InChI=1S/C12H13NO3/c1-2-3-8-12(15)16-11-7-5-4-6-10(11)13-9-14/h4-7H,2-3,8H2,1H3. The summed E-state index contributed by atoms with van der Waals surface area (Å²) < 4.78 is 5.09. The van der Waals surface area contributed by atoms with Gasteiger partial charge in [-0.15, -0.1) is 0 Å². The molecule has 84 valence electrons. The second-order valence-electron chi connectivity index (χ2n) is 3.25. The van der Waals surface area contributed by atoms with Gasteiger partial charge in [0.25, 0.3) is 0 Å². The smallest absolute Gasteiger partial charge is 0.311 e. The fraction of sp³-hybridized carbons (Fsp3) is 0.333. The Hall–Kier alpha value is -1.93. The molecule has 16 heavy (non-hydrogen) atoms. The average Bonchev–Trinajstić information content (AvgIpc) is 2.29. The molecule has 0 saturated heterocycles.